The average Bonchev–Trinajstić information content (AvgIpc) is 3.00. The van der Waals surface area contributed by atoms with Crippen molar-refractivity contribution in [2.45, 2.75) is 25.3 Å². The number of rotatable bonds is 2. The van der Waals surface area contributed by atoms with Crippen molar-refractivity contribution < 1.29 is 14.5 Å². The van der Waals surface area contributed by atoms with Crippen molar-refractivity contribution >= 4 is 33.4 Å². The van der Waals surface area contributed by atoms with Gasteiger partial charge in [-0.1, -0.05) is 15.9 Å². The maximum atomic E-state index is 12.5. The molecular formula is C14H16BrN2O2+. The van der Waals surface area contributed by atoms with E-state index in [9.17, 15) is 9.59 Å². The summed E-state index contributed by atoms with van der Waals surface area (Å²) in [5.74, 6) is -0.110. The summed E-state index contributed by atoms with van der Waals surface area (Å²) < 4.78 is 0.942. The van der Waals surface area contributed by atoms with Gasteiger partial charge in [-0.15, -0.1) is 0 Å². The highest BCUT2D eigenvalue weighted by Gasteiger charge is 2.46. The zero-order valence-corrected chi connectivity index (χ0v) is 12.1. The molecule has 0 radical (unpaired) electrons. The topological polar surface area (TPSA) is 41.8 Å². The number of carbonyl (C=O) groups is 2. The molecule has 2 heterocycles. The van der Waals surface area contributed by atoms with Crippen LogP contribution in [-0.2, 0) is 9.59 Å². The van der Waals surface area contributed by atoms with Gasteiger partial charge in [0.05, 0.1) is 25.2 Å². The molecule has 0 bridgehead atoms. The highest BCUT2D eigenvalue weighted by atomic mass is 79.9. The Bertz CT molecular complexity index is 509. The van der Waals surface area contributed by atoms with Crippen molar-refractivity contribution in [3.63, 3.8) is 0 Å². The van der Waals surface area contributed by atoms with Crippen molar-refractivity contribution in [3.05, 3.63) is 28.7 Å². The fourth-order valence-corrected chi connectivity index (χ4v) is 3.25. The maximum Gasteiger partial charge on any atom is 0.292 e. The molecule has 3 rings (SSSR count). The third-order valence-corrected chi connectivity index (χ3v) is 4.50. The van der Waals surface area contributed by atoms with Crippen LogP contribution in [-0.4, -0.2) is 30.9 Å². The van der Waals surface area contributed by atoms with Gasteiger partial charge in [0.2, 0.25) is 5.91 Å². The summed E-state index contributed by atoms with van der Waals surface area (Å²) in [5, 5.41) is 0. The van der Waals surface area contributed by atoms with Gasteiger partial charge in [0.1, 0.15) is 0 Å². The molecule has 1 aromatic carbocycles. The largest absolute Gasteiger partial charge is 0.324 e. The molecule has 2 aliphatic rings. The molecular weight excluding hydrogens is 308 g/mol. The van der Waals surface area contributed by atoms with Crippen LogP contribution in [0.3, 0.4) is 0 Å². The number of amides is 2. The van der Waals surface area contributed by atoms with Crippen LogP contribution in [0.2, 0.25) is 0 Å². The first-order valence-corrected chi connectivity index (χ1v) is 7.43. The second kappa shape index (κ2) is 5.06. The van der Waals surface area contributed by atoms with E-state index in [2.05, 4.69) is 15.9 Å². The van der Waals surface area contributed by atoms with E-state index in [0.717, 1.165) is 30.4 Å². The van der Waals surface area contributed by atoms with Crippen LogP contribution in [0.15, 0.2) is 28.7 Å². The van der Waals surface area contributed by atoms with Crippen LogP contribution in [0.4, 0.5) is 5.69 Å². The molecule has 100 valence electrons. The Balaban J connectivity index is 1.84. The molecule has 1 unspecified atom stereocenters. The number of nitrogens with zero attached hydrogens (tertiary/aromatic N) is 1. The summed E-state index contributed by atoms with van der Waals surface area (Å²) in [6.45, 7) is 2.02. The van der Waals surface area contributed by atoms with Crippen molar-refractivity contribution in [1.29, 1.82) is 0 Å². The van der Waals surface area contributed by atoms with Crippen LogP contribution in [0.1, 0.15) is 19.3 Å². The van der Waals surface area contributed by atoms with Gasteiger partial charge in [-0.2, -0.15) is 0 Å². The zero-order chi connectivity index (χ0) is 13.4. The first kappa shape index (κ1) is 12.8. The fourth-order valence-electron chi connectivity index (χ4n) is 2.99. The van der Waals surface area contributed by atoms with Gasteiger partial charge < -0.3 is 4.90 Å². The van der Waals surface area contributed by atoms with Crippen molar-refractivity contribution in [3.8, 4) is 0 Å². The highest BCUT2D eigenvalue weighted by molar-refractivity contribution is 9.10. The predicted molar refractivity (Wildman–Crippen MR) is 75.0 cm³/mol. The third-order valence-electron chi connectivity index (χ3n) is 3.97. The molecule has 1 atom stereocenters. The van der Waals surface area contributed by atoms with E-state index >= 15 is 0 Å². The molecule has 0 saturated carbocycles. The number of benzene rings is 1. The summed E-state index contributed by atoms with van der Waals surface area (Å²) in [6, 6.07) is 7.15. The lowest BCUT2D eigenvalue weighted by Gasteiger charge is -2.19. The lowest BCUT2D eigenvalue weighted by molar-refractivity contribution is -0.902. The summed E-state index contributed by atoms with van der Waals surface area (Å²) in [7, 11) is 0. The standard InChI is InChI=1S/C14H15BrN2O2/c15-10-3-5-11(6-4-10)17-13(18)9-12(14(17)19)16-7-1-2-8-16/h3-6,12H,1-2,7-9H2/p+1. The summed E-state index contributed by atoms with van der Waals surface area (Å²) in [5.41, 5.74) is 0.680. The van der Waals surface area contributed by atoms with Gasteiger partial charge in [-0.3, -0.25) is 9.59 Å². The van der Waals surface area contributed by atoms with Crippen molar-refractivity contribution in [2.75, 3.05) is 18.0 Å². The average molecular weight is 324 g/mol. The second-order valence-corrected chi connectivity index (χ2v) is 6.08. The Labute approximate surface area is 120 Å². The number of hydrogen-bond acceptors (Lipinski definition) is 2. The van der Waals surface area contributed by atoms with E-state index in [1.54, 1.807) is 0 Å². The SMILES string of the molecule is O=C1CC([NH+]2CCCC2)C(=O)N1c1ccc(Br)cc1. The first-order valence-electron chi connectivity index (χ1n) is 6.64. The first-order chi connectivity index (χ1) is 9.16. The molecule has 19 heavy (non-hydrogen) atoms. The Morgan fingerprint density at radius 1 is 1.11 bits per heavy atom. The molecule has 0 aliphatic carbocycles. The van der Waals surface area contributed by atoms with Gasteiger partial charge in [0, 0.05) is 17.3 Å². The van der Waals surface area contributed by atoms with Gasteiger partial charge in [-0.25, -0.2) is 4.90 Å². The number of anilines is 1. The number of halogens is 1. The predicted octanol–water partition coefficient (Wildman–Crippen LogP) is 0.760. The fraction of sp³-hybridized carbons (Fsp3) is 0.429. The van der Waals surface area contributed by atoms with Crippen LogP contribution in [0.25, 0.3) is 0 Å². The molecule has 1 N–H and O–H groups in total. The molecule has 2 aliphatic heterocycles. The second-order valence-electron chi connectivity index (χ2n) is 5.17. The monoisotopic (exact) mass is 323 g/mol. The van der Waals surface area contributed by atoms with Crippen LogP contribution < -0.4 is 9.80 Å². The molecule has 2 saturated heterocycles. The maximum absolute atomic E-state index is 12.5. The number of imide groups is 1. The number of carbonyl (C=O) groups excluding carboxylic acids is 2. The lowest BCUT2D eigenvalue weighted by Crippen LogP contribution is -3.14. The zero-order valence-electron chi connectivity index (χ0n) is 10.6. The van der Waals surface area contributed by atoms with Crippen LogP contribution in [0, 0.1) is 0 Å². The Morgan fingerprint density at radius 3 is 2.37 bits per heavy atom. The van der Waals surface area contributed by atoms with E-state index in [1.165, 1.54) is 9.80 Å². The smallest absolute Gasteiger partial charge is 0.292 e. The van der Waals surface area contributed by atoms with E-state index in [-0.39, 0.29) is 17.9 Å². The number of nitrogens with one attached hydrogen (secondary N) is 1. The molecule has 2 fully saturated rings. The number of hydrogen-bond donors (Lipinski definition) is 1. The molecule has 5 heteroatoms. The minimum absolute atomic E-state index is 0.0378. The summed E-state index contributed by atoms with van der Waals surface area (Å²) in [4.78, 5) is 27.2. The minimum Gasteiger partial charge on any atom is -0.324 e. The molecule has 0 aromatic heterocycles. The normalized spacial score (nSPS) is 24.5. The Hall–Kier alpha value is -1.20. The third kappa shape index (κ3) is 2.32. The Kier molecular flexibility index (Phi) is 3.41. The van der Waals surface area contributed by atoms with Gasteiger partial charge in [-0.05, 0) is 24.3 Å². The lowest BCUT2D eigenvalue weighted by atomic mass is 10.2. The molecule has 4 nitrogen and oxygen atoms in total. The minimum atomic E-state index is -0.168. The number of likely N-dealkylation sites (tertiary alicyclic amines) is 1. The van der Waals surface area contributed by atoms with E-state index < -0.39 is 0 Å². The van der Waals surface area contributed by atoms with Crippen molar-refractivity contribution in [1.82, 2.24) is 0 Å². The summed E-state index contributed by atoms with van der Waals surface area (Å²) in [6.07, 6.45) is 2.67. The van der Waals surface area contributed by atoms with Crippen LogP contribution >= 0.6 is 15.9 Å². The van der Waals surface area contributed by atoms with E-state index in [4.69, 9.17) is 0 Å². The Morgan fingerprint density at radius 2 is 1.74 bits per heavy atom. The van der Waals surface area contributed by atoms with Gasteiger partial charge in [0.15, 0.2) is 6.04 Å². The van der Waals surface area contributed by atoms with Crippen LogP contribution in [0.5, 0.6) is 0 Å². The molecule has 0 spiro atoms. The van der Waals surface area contributed by atoms with E-state index in [0.29, 0.717) is 12.1 Å². The van der Waals surface area contributed by atoms with E-state index in [1.807, 2.05) is 24.3 Å². The summed E-state index contributed by atoms with van der Waals surface area (Å²) >= 11 is 3.36. The van der Waals surface area contributed by atoms with Gasteiger partial charge in [0.25, 0.3) is 5.91 Å². The van der Waals surface area contributed by atoms with Gasteiger partial charge >= 0.3 is 0 Å². The quantitative estimate of drug-likeness (QED) is 0.816. The molecule has 2 amide bonds. The highest BCUT2D eigenvalue weighted by Crippen LogP contribution is 2.24. The van der Waals surface area contributed by atoms with Crippen molar-refractivity contribution in [2.24, 2.45) is 0 Å². The molecule has 1 aromatic rings. The number of quaternary nitrogens is 1.